The summed E-state index contributed by atoms with van der Waals surface area (Å²) in [5, 5.41) is 3.06. The second-order valence-corrected chi connectivity index (χ2v) is 8.97. The van der Waals surface area contributed by atoms with Gasteiger partial charge in [0.05, 0.1) is 12.9 Å². The number of hydrogen-bond donors (Lipinski definition) is 1. The molecule has 5 rings (SSSR count). The van der Waals surface area contributed by atoms with Crippen molar-refractivity contribution in [3.8, 4) is 5.75 Å². The standard InChI is InChI=1S/C26H31N5O2/c1-20-4-2-3-5-21(20)10-12-30-17-24-16-23(30)18-31(24)26(32)28-22-6-8-25(9-7-22)33-15-14-29-13-11-27-19-29/h2-9,11,13,19,23-24H,10,12,14-18H2,1H3,(H,28,32). The molecule has 0 aliphatic carbocycles. The van der Waals surface area contributed by atoms with Gasteiger partial charge in [0.15, 0.2) is 0 Å². The van der Waals surface area contributed by atoms with Crippen LogP contribution in [0.4, 0.5) is 10.5 Å². The number of carbonyl (C=O) groups excluding carboxylic acids is 1. The Hall–Kier alpha value is -3.32. The van der Waals surface area contributed by atoms with E-state index in [2.05, 4.69) is 46.4 Å². The van der Waals surface area contributed by atoms with E-state index in [0.29, 0.717) is 18.7 Å². The number of fused-ring (bicyclic) bond motifs is 2. The fourth-order valence-corrected chi connectivity index (χ4v) is 4.94. The van der Waals surface area contributed by atoms with Crippen molar-refractivity contribution < 1.29 is 9.53 Å². The highest BCUT2D eigenvalue weighted by Gasteiger charge is 2.44. The third-order valence-corrected chi connectivity index (χ3v) is 6.83. The lowest BCUT2D eigenvalue weighted by Gasteiger charge is -2.34. The van der Waals surface area contributed by atoms with Crippen LogP contribution in [0.2, 0.25) is 0 Å². The molecule has 7 nitrogen and oxygen atoms in total. The van der Waals surface area contributed by atoms with Gasteiger partial charge in [0, 0.05) is 49.8 Å². The molecule has 2 unspecified atom stereocenters. The molecule has 3 aromatic rings. The number of aryl methyl sites for hydroxylation is 1. The summed E-state index contributed by atoms with van der Waals surface area (Å²) in [6, 6.07) is 17.0. The van der Waals surface area contributed by atoms with Crippen LogP contribution in [0.25, 0.3) is 0 Å². The number of nitrogens with zero attached hydrogens (tertiary/aromatic N) is 4. The van der Waals surface area contributed by atoms with E-state index in [1.165, 1.54) is 11.1 Å². The molecular formula is C26H31N5O2. The van der Waals surface area contributed by atoms with Crippen LogP contribution in [0, 0.1) is 6.92 Å². The first kappa shape index (κ1) is 21.5. The van der Waals surface area contributed by atoms with Crippen molar-refractivity contribution in [1.29, 1.82) is 0 Å². The van der Waals surface area contributed by atoms with E-state index in [1.54, 1.807) is 12.5 Å². The molecule has 0 radical (unpaired) electrons. The van der Waals surface area contributed by atoms with Crippen LogP contribution in [0.15, 0.2) is 67.3 Å². The zero-order valence-electron chi connectivity index (χ0n) is 19.1. The van der Waals surface area contributed by atoms with Gasteiger partial charge >= 0.3 is 6.03 Å². The molecule has 3 heterocycles. The largest absolute Gasteiger partial charge is 0.492 e. The maximum Gasteiger partial charge on any atom is 0.322 e. The van der Waals surface area contributed by atoms with Crippen molar-refractivity contribution in [2.24, 2.45) is 0 Å². The molecule has 2 fully saturated rings. The van der Waals surface area contributed by atoms with Gasteiger partial charge in [0.2, 0.25) is 0 Å². The molecule has 2 aliphatic rings. The predicted molar refractivity (Wildman–Crippen MR) is 129 cm³/mol. The van der Waals surface area contributed by atoms with Gasteiger partial charge in [-0.25, -0.2) is 9.78 Å². The van der Waals surface area contributed by atoms with E-state index in [-0.39, 0.29) is 6.03 Å². The summed E-state index contributed by atoms with van der Waals surface area (Å²) in [5.74, 6) is 0.789. The average molecular weight is 446 g/mol. The van der Waals surface area contributed by atoms with E-state index in [1.807, 2.05) is 39.9 Å². The normalized spacial score (nSPS) is 19.7. The topological polar surface area (TPSA) is 62.6 Å². The minimum atomic E-state index is -0.00479. The van der Waals surface area contributed by atoms with Crippen molar-refractivity contribution >= 4 is 11.7 Å². The summed E-state index contributed by atoms with van der Waals surface area (Å²) in [6.07, 6.45) is 7.59. The van der Waals surface area contributed by atoms with Gasteiger partial charge in [-0.1, -0.05) is 24.3 Å². The molecule has 1 aromatic heterocycles. The number of likely N-dealkylation sites (tertiary alicyclic amines) is 2. The molecule has 2 saturated heterocycles. The number of benzene rings is 2. The Morgan fingerprint density at radius 2 is 1.94 bits per heavy atom. The fraction of sp³-hybridized carbons (Fsp3) is 0.385. The molecule has 2 aliphatic heterocycles. The van der Waals surface area contributed by atoms with Crippen molar-refractivity contribution in [1.82, 2.24) is 19.4 Å². The van der Waals surface area contributed by atoms with E-state index in [9.17, 15) is 4.79 Å². The first-order valence-electron chi connectivity index (χ1n) is 11.7. The number of aromatic nitrogens is 2. The number of urea groups is 1. The molecule has 2 amide bonds. The van der Waals surface area contributed by atoms with Crippen LogP contribution in [0.5, 0.6) is 5.75 Å². The molecule has 2 aromatic carbocycles. The molecule has 7 heteroatoms. The van der Waals surface area contributed by atoms with E-state index in [0.717, 1.165) is 50.5 Å². The summed E-state index contributed by atoms with van der Waals surface area (Å²) in [7, 11) is 0. The Bertz CT molecular complexity index is 1070. The summed E-state index contributed by atoms with van der Waals surface area (Å²) < 4.78 is 7.75. The summed E-state index contributed by atoms with van der Waals surface area (Å²) in [4.78, 5) is 21.5. The fourth-order valence-electron chi connectivity index (χ4n) is 4.94. The molecule has 2 bridgehead atoms. The zero-order chi connectivity index (χ0) is 22.6. The van der Waals surface area contributed by atoms with Crippen LogP contribution in [0.1, 0.15) is 17.5 Å². The zero-order valence-corrected chi connectivity index (χ0v) is 19.1. The Labute approximate surface area is 195 Å². The van der Waals surface area contributed by atoms with Gasteiger partial charge in [0.25, 0.3) is 0 Å². The number of amides is 2. The third kappa shape index (κ3) is 5.03. The second kappa shape index (κ2) is 9.67. The molecule has 172 valence electrons. The molecule has 33 heavy (non-hydrogen) atoms. The summed E-state index contributed by atoms with van der Waals surface area (Å²) in [5.41, 5.74) is 3.57. The molecular weight excluding hydrogens is 414 g/mol. The van der Waals surface area contributed by atoms with Gasteiger partial charge in [-0.05, 0) is 55.2 Å². The minimum Gasteiger partial charge on any atom is -0.492 e. The number of imidazole rings is 1. The first-order chi connectivity index (χ1) is 16.2. The number of ether oxygens (including phenoxy) is 1. The lowest BCUT2D eigenvalue weighted by molar-refractivity contribution is 0.145. The van der Waals surface area contributed by atoms with Crippen LogP contribution >= 0.6 is 0 Å². The minimum absolute atomic E-state index is 0.00479. The molecule has 2 atom stereocenters. The number of anilines is 1. The molecule has 0 saturated carbocycles. The number of nitrogens with one attached hydrogen (secondary N) is 1. The molecule has 1 N–H and O–H groups in total. The lowest BCUT2D eigenvalue weighted by atomic mass is 10.1. The van der Waals surface area contributed by atoms with Crippen LogP contribution in [0.3, 0.4) is 0 Å². The maximum absolute atomic E-state index is 12.9. The number of carbonyl (C=O) groups is 1. The highest BCUT2D eigenvalue weighted by molar-refractivity contribution is 5.90. The number of hydrogen-bond acceptors (Lipinski definition) is 4. The first-order valence-corrected chi connectivity index (χ1v) is 11.7. The Kier molecular flexibility index (Phi) is 6.30. The van der Waals surface area contributed by atoms with Crippen LogP contribution in [-0.4, -0.2) is 63.7 Å². The Balaban J connectivity index is 1.07. The number of rotatable bonds is 8. The number of piperazine rings is 1. The van der Waals surface area contributed by atoms with Crippen molar-refractivity contribution in [2.45, 2.75) is 38.4 Å². The predicted octanol–water partition coefficient (Wildman–Crippen LogP) is 3.80. The average Bonchev–Trinajstić information content (AvgIpc) is 3.57. The van der Waals surface area contributed by atoms with Gasteiger partial charge in [0.1, 0.15) is 12.4 Å². The van der Waals surface area contributed by atoms with Crippen LogP contribution < -0.4 is 10.1 Å². The lowest BCUT2D eigenvalue weighted by Crippen LogP contribution is -2.50. The highest BCUT2D eigenvalue weighted by Crippen LogP contribution is 2.31. The van der Waals surface area contributed by atoms with Gasteiger partial charge in [-0.3, -0.25) is 4.90 Å². The third-order valence-electron chi connectivity index (χ3n) is 6.83. The monoisotopic (exact) mass is 445 g/mol. The van der Waals surface area contributed by atoms with Gasteiger partial charge in [-0.2, -0.15) is 0 Å². The Morgan fingerprint density at radius 1 is 1.09 bits per heavy atom. The maximum atomic E-state index is 12.9. The van der Waals surface area contributed by atoms with Crippen molar-refractivity contribution in [2.75, 3.05) is 31.6 Å². The van der Waals surface area contributed by atoms with Gasteiger partial charge in [-0.15, -0.1) is 0 Å². The highest BCUT2D eigenvalue weighted by atomic mass is 16.5. The molecule has 0 spiro atoms. The van der Waals surface area contributed by atoms with E-state index < -0.39 is 0 Å². The van der Waals surface area contributed by atoms with Crippen LogP contribution in [-0.2, 0) is 13.0 Å². The summed E-state index contributed by atoms with van der Waals surface area (Å²) >= 11 is 0. The van der Waals surface area contributed by atoms with Gasteiger partial charge < -0.3 is 19.5 Å². The van der Waals surface area contributed by atoms with E-state index in [4.69, 9.17) is 4.74 Å². The van der Waals surface area contributed by atoms with E-state index >= 15 is 0 Å². The SMILES string of the molecule is Cc1ccccc1CCN1CC2CC1CN2C(=O)Nc1ccc(OCCn2ccnc2)cc1. The smallest absolute Gasteiger partial charge is 0.322 e. The quantitative estimate of drug-likeness (QED) is 0.573. The van der Waals surface area contributed by atoms with Crippen molar-refractivity contribution in [3.05, 3.63) is 78.4 Å². The van der Waals surface area contributed by atoms with Crippen molar-refractivity contribution in [3.63, 3.8) is 0 Å². The Morgan fingerprint density at radius 3 is 2.67 bits per heavy atom. The summed E-state index contributed by atoms with van der Waals surface area (Å²) in [6.45, 7) is 6.33. The second-order valence-electron chi connectivity index (χ2n) is 8.97.